The number of nitrogens with one attached hydrogen (secondary N) is 1. The zero-order valence-electron chi connectivity index (χ0n) is 16.9. The lowest BCUT2D eigenvalue weighted by molar-refractivity contribution is -0.116. The molecule has 0 radical (unpaired) electrons. The highest BCUT2D eigenvalue weighted by Gasteiger charge is 2.23. The van der Waals surface area contributed by atoms with Gasteiger partial charge < -0.3 is 9.73 Å². The van der Waals surface area contributed by atoms with Gasteiger partial charge in [0.1, 0.15) is 5.52 Å². The summed E-state index contributed by atoms with van der Waals surface area (Å²) in [4.78, 5) is 22.1. The molecule has 1 amide bonds. The van der Waals surface area contributed by atoms with Gasteiger partial charge in [-0.05, 0) is 51.3 Å². The number of hydrogen-bond acceptors (Lipinski definition) is 4. The van der Waals surface area contributed by atoms with Gasteiger partial charge in [-0.2, -0.15) is 0 Å². The Morgan fingerprint density at radius 1 is 0.875 bits per heavy atom. The molecule has 5 aromatic rings. The van der Waals surface area contributed by atoms with Crippen molar-refractivity contribution in [3.8, 4) is 11.5 Å². The zero-order valence-corrected chi connectivity index (χ0v) is 18.5. The highest BCUT2D eigenvalue weighted by Crippen LogP contribution is 2.29. The molecular formula is C26H18BrN3O2. The van der Waals surface area contributed by atoms with Gasteiger partial charge in [0.2, 0.25) is 11.8 Å². The maximum Gasteiger partial charge on any atom is 0.236 e. The lowest BCUT2D eigenvalue weighted by atomic mass is 9.90. The molecule has 0 aliphatic heterocycles. The molecule has 0 unspecified atom stereocenters. The number of amides is 1. The van der Waals surface area contributed by atoms with E-state index in [9.17, 15) is 4.79 Å². The van der Waals surface area contributed by atoms with Crippen LogP contribution in [0.15, 0.2) is 106 Å². The van der Waals surface area contributed by atoms with Gasteiger partial charge in [-0.15, -0.1) is 0 Å². The second-order valence-corrected chi connectivity index (χ2v) is 8.25. The number of carbonyl (C=O) groups is 1. The number of carbonyl (C=O) groups excluding carboxylic acids is 1. The molecule has 5 nitrogen and oxygen atoms in total. The van der Waals surface area contributed by atoms with E-state index in [1.807, 2.05) is 84.9 Å². The first-order valence-corrected chi connectivity index (χ1v) is 10.9. The molecule has 0 aliphatic carbocycles. The number of anilines is 1. The van der Waals surface area contributed by atoms with E-state index in [0.29, 0.717) is 22.7 Å². The van der Waals surface area contributed by atoms with Crippen molar-refractivity contribution < 1.29 is 9.21 Å². The van der Waals surface area contributed by atoms with Crippen molar-refractivity contribution in [2.45, 2.75) is 5.92 Å². The number of pyridine rings is 1. The topological polar surface area (TPSA) is 68.0 Å². The van der Waals surface area contributed by atoms with E-state index in [-0.39, 0.29) is 5.91 Å². The van der Waals surface area contributed by atoms with Crippen LogP contribution in [-0.2, 0) is 4.79 Å². The van der Waals surface area contributed by atoms with Crippen LogP contribution in [0.25, 0.3) is 22.6 Å². The van der Waals surface area contributed by atoms with Crippen LogP contribution in [0, 0.1) is 0 Å². The largest absolute Gasteiger partial charge is 0.436 e. The first-order chi connectivity index (χ1) is 15.7. The molecule has 0 saturated carbocycles. The summed E-state index contributed by atoms with van der Waals surface area (Å²) < 4.78 is 6.72. The molecule has 156 valence electrons. The highest BCUT2D eigenvalue weighted by atomic mass is 79.9. The fourth-order valence-electron chi connectivity index (χ4n) is 3.66. The Kier molecular flexibility index (Phi) is 5.52. The number of fused-ring (bicyclic) bond motifs is 1. The van der Waals surface area contributed by atoms with Crippen molar-refractivity contribution in [2.24, 2.45) is 0 Å². The molecule has 0 fully saturated rings. The first kappa shape index (κ1) is 20.2. The minimum Gasteiger partial charge on any atom is -0.436 e. The molecule has 2 aromatic heterocycles. The predicted molar refractivity (Wildman–Crippen MR) is 128 cm³/mol. The van der Waals surface area contributed by atoms with Crippen molar-refractivity contribution in [1.29, 1.82) is 0 Å². The van der Waals surface area contributed by atoms with Gasteiger partial charge in [0.05, 0.1) is 11.5 Å². The summed E-state index contributed by atoms with van der Waals surface area (Å²) in [7, 11) is 0. The summed E-state index contributed by atoms with van der Waals surface area (Å²) in [6.45, 7) is 0. The third-order valence-corrected chi connectivity index (χ3v) is 5.57. The van der Waals surface area contributed by atoms with Crippen LogP contribution in [-0.4, -0.2) is 15.9 Å². The Labute approximate surface area is 193 Å². The Hall–Kier alpha value is -3.77. The van der Waals surface area contributed by atoms with Crippen LogP contribution in [0.2, 0.25) is 0 Å². The molecule has 2 heterocycles. The highest BCUT2D eigenvalue weighted by molar-refractivity contribution is 9.10. The normalized spacial score (nSPS) is 11.1. The molecular weight excluding hydrogens is 466 g/mol. The van der Waals surface area contributed by atoms with Gasteiger partial charge in [-0.3, -0.25) is 9.78 Å². The molecule has 5 rings (SSSR count). The molecule has 6 heteroatoms. The van der Waals surface area contributed by atoms with Crippen molar-refractivity contribution in [3.05, 3.63) is 113 Å². The summed E-state index contributed by atoms with van der Waals surface area (Å²) in [5.41, 5.74) is 4.60. The molecule has 0 aliphatic rings. The van der Waals surface area contributed by atoms with E-state index >= 15 is 0 Å². The lowest BCUT2D eigenvalue weighted by Gasteiger charge is -2.18. The predicted octanol–water partition coefficient (Wildman–Crippen LogP) is 6.42. The first-order valence-electron chi connectivity index (χ1n) is 10.1. The number of aromatic nitrogens is 2. The average Bonchev–Trinajstić information content (AvgIpc) is 3.24. The van der Waals surface area contributed by atoms with E-state index in [1.165, 1.54) is 0 Å². The summed E-state index contributed by atoms with van der Waals surface area (Å²) in [6, 6.07) is 26.9. The molecule has 0 bridgehead atoms. The van der Waals surface area contributed by atoms with Gasteiger partial charge in [-0.25, -0.2) is 4.98 Å². The van der Waals surface area contributed by atoms with Gasteiger partial charge in [0.15, 0.2) is 5.58 Å². The van der Waals surface area contributed by atoms with Crippen LogP contribution >= 0.6 is 15.9 Å². The Balaban J connectivity index is 1.45. The molecule has 1 N–H and O–H groups in total. The summed E-state index contributed by atoms with van der Waals surface area (Å²) in [5, 5.41) is 3.05. The van der Waals surface area contributed by atoms with Crippen molar-refractivity contribution in [3.63, 3.8) is 0 Å². The number of nitrogens with zero attached hydrogens (tertiary/aromatic N) is 2. The number of hydrogen-bond donors (Lipinski definition) is 1. The van der Waals surface area contributed by atoms with Crippen LogP contribution in [0.5, 0.6) is 0 Å². The fraction of sp³-hybridized carbons (Fsp3) is 0.0385. The van der Waals surface area contributed by atoms with E-state index in [2.05, 4.69) is 31.2 Å². The van der Waals surface area contributed by atoms with E-state index in [1.54, 1.807) is 12.4 Å². The van der Waals surface area contributed by atoms with E-state index < -0.39 is 5.92 Å². The van der Waals surface area contributed by atoms with Crippen molar-refractivity contribution in [1.82, 2.24) is 9.97 Å². The van der Waals surface area contributed by atoms with E-state index in [4.69, 9.17) is 4.42 Å². The van der Waals surface area contributed by atoms with Gasteiger partial charge in [0.25, 0.3) is 0 Å². The van der Waals surface area contributed by atoms with Crippen molar-refractivity contribution in [2.75, 3.05) is 5.32 Å². The summed E-state index contributed by atoms with van der Waals surface area (Å²) in [6.07, 6.45) is 3.40. The Bertz CT molecular complexity index is 1340. The molecule has 3 aromatic carbocycles. The third kappa shape index (κ3) is 4.18. The minimum absolute atomic E-state index is 0.110. The molecule has 0 saturated heterocycles. The second-order valence-electron chi connectivity index (χ2n) is 7.34. The smallest absolute Gasteiger partial charge is 0.236 e. The van der Waals surface area contributed by atoms with Gasteiger partial charge in [-0.1, -0.05) is 60.7 Å². The van der Waals surface area contributed by atoms with Crippen LogP contribution in [0.1, 0.15) is 17.0 Å². The summed E-state index contributed by atoms with van der Waals surface area (Å²) in [5.74, 6) is -0.0564. The second kappa shape index (κ2) is 8.77. The fourth-order valence-corrected chi connectivity index (χ4v) is 4.02. The zero-order chi connectivity index (χ0) is 21.9. The van der Waals surface area contributed by atoms with Crippen molar-refractivity contribution >= 4 is 38.6 Å². The number of rotatable bonds is 5. The lowest BCUT2D eigenvalue weighted by Crippen LogP contribution is -2.22. The third-order valence-electron chi connectivity index (χ3n) is 5.13. The Morgan fingerprint density at radius 2 is 1.56 bits per heavy atom. The van der Waals surface area contributed by atoms with Crippen LogP contribution < -0.4 is 5.32 Å². The molecule has 0 spiro atoms. The maximum absolute atomic E-state index is 13.3. The summed E-state index contributed by atoms with van der Waals surface area (Å²) >= 11 is 3.41. The van der Waals surface area contributed by atoms with E-state index in [0.717, 1.165) is 21.2 Å². The van der Waals surface area contributed by atoms with Crippen LogP contribution in [0.3, 0.4) is 0 Å². The van der Waals surface area contributed by atoms with Gasteiger partial charge in [0, 0.05) is 22.6 Å². The molecule has 32 heavy (non-hydrogen) atoms. The quantitative estimate of drug-likeness (QED) is 0.313. The standard InChI is InChI=1S/C26H18BrN3O2/c27-20-13-19(15-28-16-20)26-30-22-14-21(11-12-23(22)32-26)29-25(31)24(17-7-3-1-4-8-17)18-9-5-2-6-10-18/h1-16,24H,(H,29,31). The Morgan fingerprint density at radius 3 is 2.22 bits per heavy atom. The van der Waals surface area contributed by atoms with Gasteiger partial charge >= 0.3 is 0 Å². The van der Waals surface area contributed by atoms with Crippen LogP contribution in [0.4, 0.5) is 5.69 Å². The average molecular weight is 484 g/mol. The SMILES string of the molecule is O=C(Nc1ccc2oc(-c3cncc(Br)c3)nc2c1)C(c1ccccc1)c1ccccc1. The number of oxazole rings is 1. The molecule has 0 atom stereocenters. The monoisotopic (exact) mass is 483 g/mol. The number of benzene rings is 3. The number of halogens is 1. The maximum atomic E-state index is 13.3. The minimum atomic E-state index is -0.422.